The summed E-state index contributed by atoms with van der Waals surface area (Å²) in [6.45, 7) is 3.99. The Bertz CT molecular complexity index is 1000. The van der Waals surface area contributed by atoms with Gasteiger partial charge in [-0.2, -0.15) is 0 Å². The summed E-state index contributed by atoms with van der Waals surface area (Å²) in [4.78, 5) is 30.5. The van der Waals surface area contributed by atoms with E-state index in [1.807, 2.05) is 50.2 Å². The topological polar surface area (TPSA) is 59.1 Å². The Hall–Kier alpha value is -2.53. The monoisotopic (exact) mass is 364 g/mol. The molecule has 0 unspecified atom stereocenters. The van der Waals surface area contributed by atoms with E-state index in [-0.39, 0.29) is 11.8 Å². The molecule has 0 bridgehead atoms. The Balaban J connectivity index is 1.47. The van der Waals surface area contributed by atoms with Crippen molar-refractivity contribution in [1.82, 2.24) is 4.98 Å². The molecule has 132 valence electrons. The molecule has 1 aliphatic carbocycles. The molecule has 1 saturated carbocycles. The summed E-state index contributed by atoms with van der Waals surface area (Å²) in [5, 5.41) is 3.96. The highest BCUT2D eigenvalue weighted by atomic mass is 32.1. The second-order valence-electron chi connectivity index (χ2n) is 6.98. The number of nitrogens with one attached hydrogen (secondary N) is 1. The number of aromatic nitrogens is 1. The summed E-state index contributed by atoms with van der Waals surface area (Å²) in [5.74, 6) is 0.472. The number of ketones is 1. The van der Waals surface area contributed by atoms with Crippen molar-refractivity contribution in [2.75, 3.05) is 5.32 Å². The van der Waals surface area contributed by atoms with Gasteiger partial charge in [-0.05, 0) is 62.1 Å². The summed E-state index contributed by atoms with van der Waals surface area (Å²) in [6.07, 6.45) is 2.56. The molecule has 5 heteroatoms. The first-order valence-electron chi connectivity index (χ1n) is 8.80. The highest BCUT2D eigenvalue weighted by Gasteiger charge is 2.29. The van der Waals surface area contributed by atoms with Gasteiger partial charge >= 0.3 is 0 Å². The number of rotatable bonds is 5. The van der Waals surface area contributed by atoms with Crippen molar-refractivity contribution in [3.05, 3.63) is 58.1 Å². The van der Waals surface area contributed by atoms with E-state index in [1.54, 1.807) is 0 Å². The lowest BCUT2D eigenvalue weighted by atomic mass is 10.1. The smallest absolute Gasteiger partial charge is 0.265 e. The first-order chi connectivity index (χ1) is 12.5. The van der Waals surface area contributed by atoms with Gasteiger partial charge in [0.05, 0.1) is 4.88 Å². The van der Waals surface area contributed by atoms with E-state index in [0.29, 0.717) is 17.1 Å². The number of hydrogen-bond acceptors (Lipinski definition) is 4. The van der Waals surface area contributed by atoms with Crippen molar-refractivity contribution in [2.24, 2.45) is 5.92 Å². The lowest BCUT2D eigenvalue weighted by Gasteiger charge is -2.05. The van der Waals surface area contributed by atoms with Gasteiger partial charge in [-0.25, -0.2) is 4.98 Å². The fraction of sp³-hybridized carbons (Fsp3) is 0.286. The van der Waals surface area contributed by atoms with Crippen LogP contribution in [0.25, 0.3) is 10.2 Å². The van der Waals surface area contributed by atoms with Gasteiger partial charge in [-0.15, -0.1) is 11.3 Å². The van der Waals surface area contributed by atoms with Gasteiger partial charge in [-0.3, -0.25) is 9.59 Å². The quantitative estimate of drug-likeness (QED) is 0.715. The number of carbonyl (C=O) groups excluding carboxylic acids is 2. The molecule has 2 heterocycles. The van der Waals surface area contributed by atoms with Crippen molar-refractivity contribution in [3.63, 3.8) is 0 Å². The molecule has 0 atom stereocenters. The SMILES string of the molecule is Cc1cc(C)c2cc(C(=O)Nc3ccc(CC(=O)C4CC4)cc3)sc2n1. The van der Waals surface area contributed by atoms with Crippen molar-refractivity contribution in [3.8, 4) is 0 Å². The minimum Gasteiger partial charge on any atom is -0.321 e. The van der Waals surface area contributed by atoms with Crippen molar-refractivity contribution < 1.29 is 9.59 Å². The Morgan fingerprint density at radius 3 is 2.58 bits per heavy atom. The van der Waals surface area contributed by atoms with E-state index < -0.39 is 0 Å². The average Bonchev–Trinajstić information content (AvgIpc) is 3.36. The highest BCUT2D eigenvalue weighted by molar-refractivity contribution is 7.20. The number of benzene rings is 1. The van der Waals surface area contributed by atoms with Crippen LogP contribution >= 0.6 is 11.3 Å². The van der Waals surface area contributed by atoms with Gasteiger partial charge in [-0.1, -0.05) is 12.1 Å². The lowest BCUT2D eigenvalue weighted by molar-refractivity contribution is -0.119. The number of Topliss-reactive ketones (excluding diaryl/α,β-unsaturated/α-hetero) is 1. The second-order valence-corrected chi connectivity index (χ2v) is 8.01. The summed E-state index contributed by atoms with van der Waals surface area (Å²) >= 11 is 1.41. The Kier molecular flexibility index (Phi) is 4.32. The summed E-state index contributed by atoms with van der Waals surface area (Å²) in [7, 11) is 0. The fourth-order valence-electron chi connectivity index (χ4n) is 3.09. The number of pyridine rings is 1. The van der Waals surface area contributed by atoms with Crippen molar-refractivity contribution in [1.29, 1.82) is 0 Å². The molecule has 0 spiro atoms. The molecule has 4 rings (SSSR count). The van der Waals surface area contributed by atoms with E-state index in [0.717, 1.165) is 45.6 Å². The van der Waals surface area contributed by atoms with Gasteiger partial charge in [0.1, 0.15) is 10.6 Å². The number of thiophene rings is 1. The van der Waals surface area contributed by atoms with E-state index in [4.69, 9.17) is 0 Å². The van der Waals surface area contributed by atoms with Crippen LogP contribution in [-0.2, 0) is 11.2 Å². The van der Waals surface area contributed by atoms with Crippen LogP contribution in [0.5, 0.6) is 0 Å². The van der Waals surface area contributed by atoms with Gasteiger partial charge in [0, 0.05) is 29.1 Å². The molecule has 1 amide bonds. The van der Waals surface area contributed by atoms with E-state index in [9.17, 15) is 9.59 Å². The molecule has 26 heavy (non-hydrogen) atoms. The number of amides is 1. The summed E-state index contributed by atoms with van der Waals surface area (Å²) in [6, 6.07) is 11.5. The lowest BCUT2D eigenvalue weighted by Crippen LogP contribution is -2.10. The summed E-state index contributed by atoms with van der Waals surface area (Å²) < 4.78 is 0. The van der Waals surface area contributed by atoms with E-state index >= 15 is 0 Å². The third-order valence-electron chi connectivity index (χ3n) is 4.69. The predicted octanol–water partition coefficient (Wildman–Crippen LogP) is 4.69. The third kappa shape index (κ3) is 3.53. The van der Waals surface area contributed by atoms with Crippen LogP contribution in [-0.4, -0.2) is 16.7 Å². The largest absolute Gasteiger partial charge is 0.321 e. The molecule has 4 nitrogen and oxygen atoms in total. The number of hydrogen-bond donors (Lipinski definition) is 1. The molecule has 0 aliphatic heterocycles. The molecule has 1 aliphatic rings. The first kappa shape index (κ1) is 16.9. The molecule has 1 fully saturated rings. The molecule has 3 aromatic rings. The van der Waals surface area contributed by atoms with E-state index in [1.165, 1.54) is 11.3 Å². The van der Waals surface area contributed by atoms with Crippen LogP contribution in [0.4, 0.5) is 5.69 Å². The molecule has 1 aromatic carbocycles. The van der Waals surface area contributed by atoms with Gasteiger partial charge in [0.25, 0.3) is 5.91 Å². The highest BCUT2D eigenvalue weighted by Crippen LogP contribution is 2.31. The average molecular weight is 364 g/mol. The maximum absolute atomic E-state index is 12.6. The van der Waals surface area contributed by atoms with Crippen LogP contribution in [0, 0.1) is 19.8 Å². The maximum Gasteiger partial charge on any atom is 0.265 e. The van der Waals surface area contributed by atoms with Crippen LogP contribution in [0.15, 0.2) is 36.4 Å². The van der Waals surface area contributed by atoms with Crippen LogP contribution in [0.3, 0.4) is 0 Å². The number of aryl methyl sites for hydroxylation is 2. The van der Waals surface area contributed by atoms with Gasteiger partial charge in [0.15, 0.2) is 0 Å². The predicted molar refractivity (Wildman–Crippen MR) is 105 cm³/mol. The number of nitrogens with zero attached hydrogens (tertiary/aromatic N) is 1. The zero-order chi connectivity index (χ0) is 18.3. The Morgan fingerprint density at radius 1 is 1.15 bits per heavy atom. The third-order valence-corrected chi connectivity index (χ3v) is 5.71. The zero-order valence-electron chi connectivity index (χ0n) is 14.8. The fourth-order valence-corrected chi connectivity index (χ4v) is 4.14. The number of carbonyl (C=O) groups is 2. The van der Waals surface area contributed by atoms with Crippen LogP contribution in [0.1, 0.15) is 39.3 Å². The number of anilines is 1. The second kappa shape index (κ2) is 6.65. The Morgan fingerprint density at radius 2 is 1.88 bits per heavy atom. The van der Waals surface area contributed by atoms with Crippen molar-refractivity contribution in [2.45, 2.75) is 33.1 Å². The molecular weight excluding hydrogens is 344 g/mol. The molecule has 0 saturated heterocycles. The summed E-state index contributed by atoms with van der Waals surface area (Å²) in [5.41, 5.74) is 3.82. The van der Waals surface area contributed by atoms with Crippen LogP contribution in [0.2, 0.25) is 0 Å². The van der Waals surface area contributed by atoms with Crippen LogP contribution < -0.4 is 5.32 Å². The number of fused-ring (bicyclic) bond motifs is 1. The van der Waals surface area contributed by atoms with Gasteiger partial charge in [0.2, 0.25) is 0 Å². The minimum atomic E-state index is -0.133. The molecule has 0 radical (unpaired) electrons. The standard InChI is InChI=1S/C21H20N2O2S/c1-12-9-13(2)22-21-17(12)11-19(26-21)20(25)23-16-7-3-14(4-8-16)10-18(24)15-5-6-15/h3-4,7-9,11,15H,5-6,10H2,1-2H3,(H,23,25). The Labute approximate surface area is 156 Å². The first-order valence-corrected chi connectivity index (χ1v) is 9.62. The van der Waals surface area contributed by atoms with Crippen molar-refractivity contribution >= 4 is 38.9 Å². The minimum absolute atomic E-state index is 0.133. The molecule has 1 N–H and O–H groups in total. The maximum atomic E-state index is 12.6. The normalized spacial score (nSPS) is 13.8. The zero-order valence-corrected chi connectivity index (χ0v) is 15.7. The van der Waals surface area contributed by atoms with Gasteiger partial charge < -0.3 is 5.32 Å². The molecule has 2 aromatic heterocycles. The molecular formula is C21H20N2O2S. The van der Waals surface area contributed by atoms with E-state index in [2.05, 4.69) is 10.3 Å².